The lowest BCUT2D eigenvalue weighted by molar-refractivity contribution is -0.145. The number of rotatable bonds is 5. The number of aliphatic carboxylic acids is 1. The third-order valence-electron chi connectivity index (χ3n) is 3.59. The molecule has 0 radical (unpaired) electrons. The summed E-state index contributed by atoms with van der Waals surface area (Å²) < 4.78 is 39.5. The molecule has 0 fully saturated rings. The zero-order chi connectivity index (χ0) is 17.2. The maximum absolute atomic E-state index is 13.2. The summed E-state index contributed by atoms with van der Waals surface area (Å²) >= 11 is 0. The Hall–Kier alpha value is -2.35. The van der Waals surface area contributed by atoms with Crippen LogP contribution in [0.25, 0.3) is 0 Å². The van der Waals surface area contributed by atoms with E-state index in [9.17, 15) is 23.1 Å². The van der Waals surface area contributed by atoms with Gasteiger partial charge in [-0.2, -0.15) is 18.3 Å². The summed E-state index contributed by atoms with van der Waals surface area (Å²) in [6.45, 7) is 1.92. The minimum atomic E-state index is -4.61. The molecule has 2 rings (SSSR count). The minimum Gasteiger partial charge on any atom is -0.480 e. The molecule has 1 aromatic heterocycles. The van der Waals surface area contributed by atoms with Crippen molar-refractivity contribution in [3.05, 3.63) is 52.8 Å². The van der Waals surface area contributed by atoms with Crippen LogP contribution < -0.4 is 0 Å². The zero-order valence-corrected chi connectivity index (χ0v) is 12.6. The fourth-order valence-corrected chi connectivity index (χ4v) is 2.45. The molecule has 0 aliphatic carbocycles. The molecule has 23 heavy (non-hydrogen) atoms. The number of benzene rings is 1. The molecule has 1 atom stereocenters. The van der Waals surface area contributed by atoms with Gasteiger partial charge in [0.2, 0.25) is 0 Å². The highest BCUT2D eigenvalue weighted by atomic mass is 19.4. The number of nitrogens with zero attached hydrogens (tertiary/aromatic N) is 2. The predicted molar refractivity (Wildman–Crippen MR) is 76.6 cm³/mol. The molecule has 1 unspecified atom stereocenters. The molecule has 0 bridgehead atoms. The van der Waals surface area contributed by atoms with Gasteiger partial charge in [-0.1, -0.05) is 18.2 Å². The summed E-state index contributed by atoms with van der Waals surface area (Å²) in [5, 5.41) is 16.0. The molecule has 1 aromatic carbocycles. The van der Waals surface area contributed by atoms with Gasteiger partial charge in [0.25, 0.3) is 0 Å². The highest BCUT2D eigenvalue weighted by Gasteiger charge is 2.38. The summed E-state index contributed by atoms with van der Waals surface area (Å²) in [7, 11) is 1.47. The number of hydrogen-bond acceptors (Lipinski definition) is 3. The summed E-state index contributed by atoms with van der Waals surface area (Å²) in [6, 6.07) is 3.31. The average molecular weight is 327 g/mol. The van der Waals surface area contributed by atoms with E-state index in [2.05, 4.69) is 10.2 Å². The predicted octanol–water partition coefficient (Wildman–Crippen LogP) is 2.99. The molecule has 0 saturated heterocycles. The van der Waals surface area contributed by atoms with Crippen molar-refractivity contribution in [2.45, 2.75) is 25.7 Å². The van der Waals surface area contributed by atoms with Crippen LogP contribution in [0.5, 0.6) is 0 Å². The summed E-state index contributed by atoms with van der Waals surface area (Å²) in [4.78, 5) is 13.0. The normalized spacial score (nSPS) is 13.3. The van der Waals surface area contributed by atoms with Crippen molar-refractivity contribution >= 4 is 5.97 Å². The van der Waals surface area contributed by atoms with Crippen LogP contribution in [0.4, 0.5) is 13.2 Å². The van der Waals surface area contributed by atoms with Crippen molar-refractivity contribution < 1.29 is 23.1 Å². The number of aromatic amines is 1. The highest BCUT2D eigenvalue weighted by molar-refractivity contribution is 5.76. The van der Waals surface area contributed by atoms with E-state index in [-0.39, 0.29) is 12.1 Å². The number of alkyl halides is 3. The van der Waals surface area contributed by atoms with E-state index >= 15 is 0 Å². The molecule has 0 aliphatic heterocycles. The van der Waals surface area contributed by atoms with Gasteiger partial charge in [-0.3, -0.25) is 14.8 Å². The fraction of sp³-hybridized carbons (Fsp3) is 0.333. The van der Waals surface area contributed by atoms with Gasteiger partial charge in [0, 0.05) is 17.8 Å². The second-order valence-corrected chi connectivity index (χ2v) is 5.26. The number of hydrogen-bond donors (Lipinski definition) is 2. The van der Waals surface area contributed by atoms with Crippen LogP contribution in [-0.2, 0) is 17.5 Å². The summed E-state index contributed by atoms with van der Waals surface area (Å²) in [5.74, 6) is -1.34. The molecule has 5 nitrogen and oxygen atoms in total. The fourth-order valence-electron chi connectivity index (χ4n) is 2.45. The zero-order valence-electron chi connectivity index (χ0n) is 12.6. The van der Waals surface area contributed by atoms with E-state index < -0.39 is 23.8 Å². The van der Waals surface area contributed by atoms with Crippen molar-refractivity contribution in [1.82, 2.24) is 15.1 Å². The summed E-state index contributed by atoms with van der Waals surface area (Å²) in [6.07, 6.45) is -3.09. The molecule has 0 saturated carbocycles. The molecule has 1 heterocycles. The maximum Gasteiger partial charge on any atom is 0.416 e. The van der Waals surface area contributed by atoms with Crippen molar-refractivity contribution in [2.75, 3.05) is 7.05 Å². The Morgan fingerprint density at radius 3 is 2.57 bits per heavy atom. The van der Waals surface area contributed by atoms with E-state index in [1.54, 1.807) is 6.92 Å². The number of halogens is 3. The van der Waals surface area contributed by atoms with Gasteiger partial charge in [0.15, 0.2) is 0 Å². The lowest BCUT2D eigenvalue weighted by Crippen LogP contribution is -2.32. The number of carboxylic acid groups (broad SMARTS) is 1. The molecule has 2 N–H and O–H groups in total. The van der Waals surface area contributed by atoms with Crippen LogP contribution in [0.2, 0.25) is 0 Å². The summed E-state index contributed by atoms with van der Waals surface area (Å²) in [5.41, 5.74) is 0.243. The Labute approximate surface area is 130 Å². The molecule has 0 amide bonds. The lowest BCUT2D eigenvalue weighted by Gasteiger charge is -2.27. The Morgan fingerprint density at radius 2 is 2.04 bits per heavy atom. The van der Waals surface area contributed by atoms with Crippen molar-refractivity contribution in [3.63, 3.8) is 0 Å². The van der Waals surface area contributed by atoms with Gasteiger partial charge in [0.1, 0.15) is 6.04 Å². The quantitative estimate of drug-likeness (QED) is 0.886. The first-order valence-electron chi connectivity index (χ1n) is 6.80. The Morgan fingerprint density at radius 1 is 1.39 bits per heavy atom. The van der Waals surface area contributed by atoms with E-state index in [0.717, 1.165) is 17.3 Å². The van der Waals surface area contributed by atoms with Crippen molar-refractivity contribution in [2.24, 2.45) is 0 Å². The highest BCUT2D eigenvalue weighted by Crippen LogP contribution is 2.36. The van der Waals surface area contributed by atoms with Gasteiger partial charge in [-0.15, -0.1) is 0 Å². The second kappa shape index (κ2) is 6.41. The SMILES string of the molecule is Cc1[nH]ncc1CN(C)C(C(=O)O)c1ccccc1C(F)(F)F. The Kier molecular flexibility index (Phi) is 4.74. The molecule has 2 aromatic rings. The van der Waals surface area contributed by atoms with E-state index in [4.69, 9.17) is 0 Å². The van der Waals surface area contributed by atoms with Crippen LogP contribution >= 0.6 is 0 Å². The van der Waals surface area contributed by atoms with Gasteiger partial charge in [0.05, 0.1) is 11.8 Å². The third-order valence-corrected chi connectivity index (χ3v) is 3.59. The number of carboxylic acids is 1. The molecule has 8 heteroatoms. The Bertz CT molecular complexity index is 697. The maximum atomic E-state index is 13.2. The molecule has 124 valence electrons. The second-order valence-electron chi connectivity index (χ2n) is 5.26. The van der Waals surface area contributed by atoms with Crippen LogP contribution in [0.1, 0.15) is 28.4 Å². The van der Waals surface area contributed by atoms with Gasteiger partial charge < -0.3 is 5.11 Å². The first-order valence-corrected chi connectivity index (χ1v) is 6.80. The van der Waals surface area contributed by atoms with Crippen LogP contribution in [-0.4, -0.2) is 33.2 Å². The number of likely N-dealkylation sites (N-methyl/N-ethyl adjacent to an activating group) is 1. The van der Waals surface area contributed by atoms with Crippen LogP contribution in [0.3, 0.4) is 0 Å². The third kappa shape index (κ3) is 3.70. The molecular weight excluding hydrogens is 311 g/mol. The van der Waals surface area contributed by atoms with Crippen LogP contribution in [0.15, 0.2) is 30.5 Å². The topological polar surface area (TPSA) is 69.2 Å². The number of carbonyl (C=O) groups is 1. The van der Waals surface area contributed by atoms with E-state index in [1.165, 1.54) is 36.3 Å². The van der Waals surface area contributed by atoms with Gasteiger partial charge >= 0.3 is 12.1 Å². The van der Waals surface area contributed by atoms with Gasteiger partial charge in [-0.25, -0.2) is 0 Å². The first-order chi connectivity index (χ1) is 10.7. The number of aryl methyl sites for hydroxylation is 1. The number of H-pyrrole nitrogens is 1. The molecule has 0 spiro atoms. The van der Waals surface area contributed by atoms with Crippen molar-refractivity contribution in [1.29, 1.82) is 0 Å². The molecule has 0 aliphatic rings. The standard InChI is InChI=1S/C15H16F3N3O2/c1-9-10(7-19-20-9)8-21(2)13(14(22)23)11-5-3-4-6-12(11)15(16,17)18/h3-7,13H,8H2,1-2H3,(H,19,20)(H,22,23). The smallest absolute Gasteiger partial charge is 0.416 e. The van der Waals surface area contributed by atoms with Crippen molar-refractivity contribution in [3.8, 4) is 0 Å². The minimum absolute atomic E-state index is 0.158. The molecular formula is C15H16F3N3O2. The van der Waals surface area contributed by atoms with Gasteiger partial charge in [-0.05, 0) is 25.6 Å². The lowest BCUT2D eigenvalue weighted by atomic mass is 9.98. The first kappa shape index (κ1) is 17.0. The van der Waals surface area contributed by atoms with E-state index in [0.29, 0.717) is 0 Å². The van der Waals surface area contributed by atoms with E-state index in [1.807, 2.05) is 0 Å². The number of nitrogens with one attached hydrogen (secondary N) is 1. The number of aromatic nitrogens is 2. The largest absolute Gasteiger partial charge is 0.480 e. The average Bonchev–Trinajstić information content (AvgIpc) is 2.83. The monoisotopic (exact) mass is 327 g/mol. The Balaban J connectivity index is 2.40. The van der Waals surface area contributed by atoms with Crippen LogP contribution in [0, 0.1) is 6.92 Å².